The van der Waals surface area contributed by atoms with Gasteiger partial charge in [-0.15, -0.1) is 0 Å². The number of ether oxygens (including phenoxy) is 1. The van der Waals surface area contributed by atoms with Crippen LogP contribution in [-0.2, 0) is 4.74 Å². The van der Waals surface area contributed by atoms with Gasteiger partial charge in [0.25, 0.3) is 5.17 Å². The maximum Gasteiger partial charge on any atom is 0.261 e. The van der Waals surface area contributed by atoms with Gasteiger partial charge in [0, 0.05) is 5.69 Å². The molecule has 0 radical (unpaired) electrons. The summed E-state index contributed by atoms with van der Waals surface area (Å²) in [5.41, 5.74) is 0.767. The fraction of sp³-hybridized carbons (Fsp3) is 0.364. The molecule has 5 heteroatoms. The molecule has 2 nitrogen and oxygen atoms in total. The minimum atomic E-state index is 0.340. The van der Waals surface area contributed by atoms with Gasteiger partial charge in [-0.25, -0.2) is 0 Å². The summed E-state index contributed by atoms with van der Waals surface area (Å²) in [5, 5.41) is 4.27. The summed E-state index contributed by atoms with van der Waals surface area (Å²) in [5.74, 6) is 0.438. The molecule has 0 aliphatic carbocycles. The molecule has 0 fully saturated rings. The Morgan fingerprint density at radius 2 is 2.06 bits per heavy atom. The van der Waals surface area contributed by atoms with Crippen LogP contribution in [0.3, 0.4) is 0 Å². The third kappa shape index (κ3) is 4.56. The van der Waals surface area contributed by atoms with E-state index in [1.807, 2.05) is 0 Å². The molecule has 88 valence electrons. The molecule has 0 saturated carbocycles. The Hall–Kier alpha value is -0.510. The van der Waals surface area contributed by atoms with Crippen LogP contribution in [0.25, 0.3) is 0 Å². The monoisotopic (exact) mass is 277 g/mol. The lowest BCUT2D eigenvalue weighted by atomic mass is 10.2. The molecular formula is C11H13Cl2NOS. The zero-order valence-electron chi connectivity index (χ0n) is 9.09. The van der Waals surface area contributed by atoms with Crippen molar-refractivity contribution in [2.45, 2.75) is 13.8 Å². The normalized spacial score (nSPS) is 10.3. The first kappa shape index (κ1) is 13.6. The Kier molecular flexibility index (Phi) is 5.32. The van der Waals surface area contributed by atoms with Crippen LogP contribution in [0.1, 0.15) is 13.8 Å². The fourth-order valence-corrected chi connectivity index (χ4v) is 1.45. The SMILES string of the molecule is CC(C)COC(=S)Nc1ccc(Cl)c(Cl)c1. The second-order valence-electron chi connectivity index (χ2n) is 3.75. The van der Waals surface area contributed by atoms with Crippen molar-refractivity contribution in [3.05, 3.63) is 28.2 Å². The lowest BCUT2D eigenvalue weighted by molar-refractivity contribution is 0.265. The van der Waals surface area contributed by atoms with Crippen molar-refractivity contribution in [3.8, 4) is 0 Å². The Bertz CT molecular complexity index is 382. The van der Waals surface area contributed by atoms with Crippen molar-refractivity contribution in [3.63, 3.8) is 0 Å². The quantitative estimate of drug-likeness (QED) is 0.830. The molecule has 1 aromatic rings. The van der Waals surface area contributed by atoms with Crippen LogP contribution in [0, 0.1) is 5.92 Å². The third-order valence-electron chi connectivity index (χ3n) is 1.71. The smallest absolute Gasteiger partial charge is 0.261 e. The molecule has 0 aliphatic heterocycles. The number of halogens is 2. The van der Waals surface area contributed by atoms with E-state index in [0.29, 0.717) is 27.7 Å². The molecule has 0 aliphatic rings. The van der Waals surface area contributed by atoms with E-state index in [1.54, 1.807) is 18.2 Å². The maximum absolute atomic E-state index is 5.87. The Morgan fingerprint density at radius 1 is 1.38 bits per heavy atom. The summed E-state index contributed by atoms with van der Waals surface area (Å²) in [6.45, 7) is 4.71. The van der Waals surface area contributed by atoms with E-state index >= 15 is 0 Å². The molecule has 0 amide bonds. The number of rotatable bonds is 3. The highest BCUT2D eigenvalue weighted by atomic mass is 35.5. The number of benzene rings is 1. The predicted molar refractivity (Wildman–Crippen MR) is 73.5 cm³/mol. The summed E-state index contributed by atoms with van der Waals surface area (Å²) in [6, 6.07) is 5.20. The van der Waals surface area contributed by atoms with Gasteiger partial charge in [-0.1, -0.05) is 37.0 Å². The van der Waals surface area contributed by atoms with Crippen molar-refractivity contribution >= 4 is 46.3 Å². The molecule has 0 heterocycles. The van der Waals surface area contributed by atoms with Crippen LogP contribution in [-0.4, -0.2) is 11.8 Å². The number of anilines is 1. The Labute approximate surface area is 111 Å². The first-order valence-corrected chi connectivity index (χ1v) is 6.04. The van der Waals surface area contributed by atoms with Crippen LogP contribution in [0.15, 0.2) is 18.2 Å². The number of hydrogen-bond acceptors (Lipinski definition) is 2. The lowest BCUT2D eigenvalue weighted by Gasteiger charge is -2.11. The zero-order chi connectivity index (χ0) is 12.1. The minimum Gasteiger partial charge on any atom is -0.471 e. The van der Waals surface area contributed by atoms with Gasteiger partial charge >= 0.3 is 0 Å². The molecule has 0 aromatic heterocycles. The molecular weight excluding hydrogens is 265 g/mol. The van der Waals surface area contributed by atoms with Gasteiger partial charge in [-0.3, -0.25) is 0 Å². The highest BCUT2D eigenvalue weighted by Gasteiger charge is 2.03. The van der Waals surface area contributed by atoms with Gasteiger partial charge in [0.15, 0.2) is 0 Å². The molecule has 1 N–H and O–H groups in total. The molecule has 0 saturated heterocycles. The summed E-state index contributed by atoms with van der Waals surface area (Å²) in [4.78, 5) is 0. The highest BCUT2D eigenvalue weighted by molar-refractivity contribution is 7.80. The first-order chi connectivity index (χ1) is 7.49. The highest BCUT2D eigenvalue weighted by Crippen LogP contribution is 2.25. The van der Waals surface area contributed by atoms with E-state index in [9.17, 15) is 0 Å². The van der Waals surface area contributed by atoms with Gasteiger partial charge in [0.1, 0.15) is 0 Å². The number of thiocarbonyl (C=S) groups is 1. The summed E-state index contributed by atoms with van der Waals surface area (Å²) < 4.78 is 5.32. The third-order valence-corrected chi connectivity index (χ3v) is 2.67. The minimum absolute atomic E-state index is 0.340. The van der Waals surface area contributed by atoms with Crippen LogP contribution in [0.5, 0.6) is 0 Å². The topological polar surface area (TPSA) is 21.3 Å². The van der Waals surface area contributed by atoms with Gasteiger partial charge < -0.3 is 10.1 Å². The summed E-state index contributed by atoms with van der Waals surface area (Å²) in [7, 11) is 0. The van der Waals surface area contributed by atoms with Gasteiger partial charge in [-0.2, -0.15) is 0 Å². The van der Waals surface area contributed by atoms with E-state index in [2.05, 4.69) is 19.2 Å². The first-order valence-electron chi connectivity index (χ1n) is 4.88. The van der Waals surface area contributed by atoms with Crippen molar-refractivity contribution < 1.29 is 4.74 Å². The van der Waals surface area contributed by atoms with E-state index in [-0.39, 0.29) is 0 Å². The second-order valence-corrected chi connectivity index (χ2v) is 4.93. The molecule has 16 heavy (non-hydrogen) atoms. The van der Waals surface area contributed by atoms with Crippen molar-refractivity contribution in [1.82, 2.24) is 0 Å². The average Bonchev–Trinajstić information content (AvgIpc) is 2.21. The summed E-state index contributed by atoms with van der Waals surface area (Å²) >= 11 is 16.7. The van der Waals surface area contributed by atoms with Gasteiger partial charge in [0.05, 0.1) is 16.7 Å². The van der Waals surface area contributed by atoms with E-state index in [4.69, 9.17) is 40.2 Å². The number of nitrogens with one attached hydrogen (secondary N) is 1. The predicted octanol–water partition coefficient (Wildman–Crippen LogP) is 4.36. The summed E-state index contributed by atoms with van der Waals surface area (Å²) in [6.07, 6.45) is 0. The lowest BCUT2D eigenvalue weighted by Crippen LogP contribution is -2.16. The molecule has 0 unspecified atom stereocenters. The van der Waals surface area contributed by atoms with Crippen LogP contribution >= 0.6 is 35.4 Å². The second kappa shape index (κ2) is 6.28. The van der Waals surface area contributed by atoms with E-state index in [0.717, 1.165) is 5.69 Å². The number of hydrogen-bond donors (Lipinski definition) is 1. The fourth-order valence-electron chi connectivity index (χ4n) is 0.970. The van der Waals surface area contributed by atoms with E-state index in [1.165, 1.54) is 0 Å². The zero-order valence-corrected chi connectivity index (χ0v) is 11.4. The standard InChI is InChI=1S/C11H13Cl2NOS/c1-7(2)6-15-11(16)14-8-3-4-9(12)10(13)5-8/h3-5,7H,6H2,1-2H3,(H,14,16). The average molecular weight is 278 g/mol. The van der Waals surface area contributed by atoms with E-state index < -0.39 is 0 Å². The van der Waals surface area contributed by atoms with Gasteiger partial charge in [0.2, 0.25) is 0 Å². The molecule has 0 bridgehead atoms. The van der Waals surface area contributed by atoms with Crippen LogP contribution in [0.4, 0.5) is 5.69 Å². The molecule has 1 rings (SSSR count). The largest absolute Gasteiger partial charge is 0.471 e. The molecule has 0 spiro atoms. The molecule has 0 atom stereocenters. The van der Waals surface area contributed by atoms with Crippen molar-refractivity contribution in [1.29, 1.82) is 0 Å². The van der Waals surface area contributed by atoms with Crippen molar-refractivity contribution in [2.75, 3.05) is 11.9 Å². The molecule has 1 aromatic carbocycles. The maximum atomic E-state index is 5.87. The van der Waals surface area contributed by atoms with Gasteiger partial charge in [-0.05, 0) is 36.3 Å². The van der Waals surface area contributed by atoms with Crippen LogP contribution < -0.4 is 5.32 Å². The Morgan fingerprint density at radius 3 is 2.62 bits per heavy atom. The van der Waals surface area contributed by atoms with Crippen molar-refractivity contribution in [2.24, 2.45) is 5.92 Å². The van der Waals surface area contributed by atoms with Crippen LogP contribution in [0.2, 0.25) is 10.0 Å². The Balaban J connectivity index is 2.53.